The predicted molar refractivity (Wildman–Crippen MR) is 77.7 cm³/mol. The lowest BCUT2D eigenvalue weighted by Crippen LogP contribution is -2.05. The Hall–Kier alpha value is -2.40. The Balaban J connectivity index is 2.45. The lowest BCUT2D eigenvalue weighted by Gasteiger charge is -2.10. The smallest absolute Gasteiger partial charge is 0.337 e. The van der Waals surface area contributed by atoms with Crippen LogP contribution in [0.1, 0.15) is 16.2 Å². The third-order valence-electron chi connectivity index (χ3n) is 3.25. The Labute approximate surface area is 124 Å². The van der Waals surface area contributed by atoms with Crippen LogP contribution in [0, 0.1) is 12.7 Å². The van der Waals surface area contributed by atoms with E-state index in [-0.39, 0.29) is 16.3 Å². The summed E-state index contributed by atoms with van der Waals surface area (Å²) in [6.45, 7) is 1.69. The molecule has 1 N–H and O–H groups in total. The molecule has 21 heavy (non-hydrogen) atoms. The molecule has 0 aliphatic heterocycles. The van der Waals surface area contributed by atoms with Crippen LogP contribution in [0.25, 0.3) is 16.7 Å². The van der Waals surface area contributed by atoms with Gasteiger partial charge in [0.2, 0.25) is 0 Å². The number of hydrogen-bond donors (Lipinski definition) is 1. The zero-order valence-corrected chi connectivity index (χ0v) is 11.7. The fraction of sp³-hybridized carbons (Fsp3) is 0.0667. The molecule has 0 fully saturated rings. The summed E-state index contributed by atoms with van der Waals surface area (Å²) in [6, 6.07) is 9.34. The number of carbonyl (C=O) groups is 1. The number of benzene rings is 2. The Kier molecular flexibility index (Phi) is 3.14. The number of hydrogen-bond acceptors (Lipinski definition) is 2. The van der Waals surface area contributed by atoms with Crippen molar-refractivity contribution in [2.45, 2.75) is 6.92 Å². The van der Waals surface area contributed by atoms with E-state index in [1.807, 2.05) is 0 Å². The first-order valence-electron chi connectivity index (χ1n) is 6.16. The predicted octanol–water partition coefficient (Wildman–Crippen LogP) is 3.82. The average molecular weight is 305 g/mol. The number of para-hydroxylation sites is 1. The molecule has 0 saturated carbocycles. The quantitative estimate of drug-likeness (QED) is 0.783. The van der Waals surface area contributed by atoms with Gasteiger partial charge in [-0.3, -0.25) is 4.57 Å². The van der Waals surface area contributed by atoms with E-state index in [0.717, 1.165) is 0 Å². The molecule has 0 bridgehead atoms. The van der Waals surface area contributed by atoms with E-state index >= 15 is 0 Å². The number of aryl methyl sites for hydroxylation is 1. The Bertz CT molecular complexity index is 873. The SMILES string of the molecule is Cc1nc2cccc(C(=O)O)c2n1-c1cccc(Cl)c1F. The number of aromatic carboxylic acids is 1. The summed E-state index contributed by atoms with van der Waals surface area (Å²) in [7, 11) is 0. The maximum Gasteiger partial charge on any atom is 0.337 e. The Morgan fingerprint density at radius 2 is 2.00 bits per heavy atom. The Morgan fingerprint density at radius 1 is 1.29 bits per heavy atom. The van der Waals surface area contributed by atoms with Gasteiger partial charge in [-0.15, -0.1) is 0 Å². The summed E-state index contributed by atoms with van der Waals surface area (Å²) in [5, 5.41) is 9.30. The van der Waals surface area contributed by atoms with E-state index in [9.17, 15) is 14.3 Å². The van der Waals surface area contributed by atoms with Crippen molar-refractivity contribution in [1.82, 2.24) is 9.55 Å². The number of carboxylic acid groups (broad SMARTS) is 1. The van der Waals surface area contributed by atoms with Gasteiger partial charge >= 0.3 is 5.97 Å². The minimum Gasteiger partial charge on any atom is -0.478 e. The second-order valence-electron chi connectivity index (χ2n) is 4.55. The van der Waals surface area contributed by atoms with Crippen molar-refractivity contribution in [1.29, 1.82) is 0 Å². The molecule has 0 atom stereocenters. The van der Waals surface area contributed by atoms with E-state index in [1.54, 1.807) is 25.1 Å². The summed E-state index contributed by atoms with van der Waals surface area (Å²) in [5.74, 6) is -1.22. The summed E-state index contributed by atoms with van der Waals surface area (Å²) < 4.78 is 15.7. The van der Waals surface area contributed by atoms with Crippen LogP contribution in [-0.2, 0) is 0 Å². The van der Waals surface area contributed by atoms with Gasteiger partial charge in [0.15, 0.2) is 5.82 Å². The third-order valence-corrected chi connectivity index (χ3v) is 3.54. The highest BCUT2D eigenvalue weighted by atomic mass is 35.5. The van der Waals surface area contributed by atoms with Crippen molar-refractivity contribution in [3.05, 3.63) is 58.6 Å². The van der Waals surface area contributed by atoms with Crippen molar-refractivity contribution < 1.29 is 14.3 Å². The van der Waals surface area contributed by atoms with Crippen LogP contribution in [-0.4, -0.2) is 20.6 Å². The first-order valence-corrected chi connectivity index (χ1v) is 6.54. The number of fused-ring (bicyclic) bond motifs is 1. The number of nitrogens with zero attached hydrogens (tertiary/aromatic N) is 2. The zero-order valence-electron chi connectivity index (χ0n) is 11.0. The first-order chi connectivity index (χ1) is 10.0. The number of imidazole rings is 1. The zero-order chi connectivity index (χ0) is 15.1. The van der Waals surface area contributed by atoms with Crippen molar-refractivity contribution in [2.24, 2.45) is 0 Å². The molecule has 0 radical (unpaired) electrons. The van der Waals surface area contributed by atoms with Crippen LogP contribution >= 0.6 is 11.6 Å². The maximum atomic E-state index is 14.3. The molecular formula is C15H10ClFN2O2. The molecule has 0 unspecified atom stereocenters. The summed E-state index contributed by atoms with van der Waals surface area (Å²) in [4.78, 5) is 15.7. The number of rotatable bonds is 2. The van der Waals surface area contributed by atoms with Gasteiger partial charge < -0.3 is 5.11 Å². The van der Waals surface area contributed by atoms with Crippen molar-refractivity contribution in [2.75, 3.05) is 0 Å². The lowest BCUT2D eigenvalue weighted by molar-refractivity contribution is 0.0698. The van der Waals surface area contributed by atoms with Gasteiger partial charge in [0.1, 0.15) is 5.82 Å². The molecule has 0 aliphatic carbocycles. The molecule has 106 valence electrons. The van der Waals surface area contributed by atoms with Crippen molar-refractivity contribution in [3.8, 4) is 5.69 Å². The van der Waals surface area contributed by atoms with E-state index in [4.69, 9.17) is 11.6 Å². The molecule has 1 heterocycles. The standard InChI is InChI=1S/C15H10ClFN2O2/c1-8-18-11-6-2-4-9(15(20)21)14(11)19(8)12-7-3-5-10(16)13(12)17/h2-7H,1H3,(H,20,21). The lowest BCUT2D eigenvalue weighted by atomic mass is 10.1. The van der Waals surface area contributed by atoms with E-state index in [2.05, 4.69) is 4.98 Å². The van der Waals surface area contributed by atoms with Crippen molar-refractivity contribution >= 4 is 28.6 Å². The second-order valence-corrected chi connectivity index (χ2v) is 4.95. The number of carboxylic acids is 1. The molecule has 3 aromatic rings. The molecule has 1 aromatic heterocycles. The second kappa shape index (κ2) is 4.86. The molecule has 3 rings (SSSR count). The third kappa shape index (κ3) is 2.06. The monoisotopic (exact) mass is 304 g/mol. The topological polar surface area (TPSA) is 55.1 Å². The van der Waals surface area contributed by atoms with Crippen LogP contribution in [0.15, 0.2) is 36.4 Å². The van der Waals surface area contributed by atoms with Gasteiger partial charge in [-0.2, -0.15) is 0 Å². The minimum absolute atomic E-state index is 0.0263. The van der Waals surface area contributed by atoms with Gasteiger partial charge in [-0.05, 0) is 31.2 Å². The van der Waals surface area contributed by atoms with Crippen LogP contribution in [0.2, 0.25) is 5.02 Å². The van der Waals surface area contributed by atoms with Crippen LogP contribution in [0.3, 0.4) is 0 Å². The van der Waals surface area contributed by atoms with E-state index in [0.29, 0.717) is 16.9 Å². The molecule has 4 nitrogen and oxygen atoms in total. The van der Waals surface area contributed by atoms with Gasteiger partial charge in [0.25, 0.3) is 0 Å². The van der Waals surface area contributed by atoms with Gasteiger partial charge in [0.05, 0.1) is 27.3 Å². The summed E-state index contributed by atoms with van der Waals surface area (Å²) in [6.07, 6.45) is 0. The van der Waals surface area contributed by atoms with Crippen molar-refractivity contribution in [3.63, 3.8) is 0 Å². The maximum absolute atomic E-state index is 14.3. The Morgan fingerprint density at radius 3 is 2.71 bits per heavy atom. The minimum atomic E-state index is -1.09. The molecule has 6 heteroatoms. The van der Waals surface area contributed by atoms with Gasteiger partial charge in [-0.1, -0.05) is 23.7 Å². The molecule has 0 amide bonds. The van der Waals surface area contributed by atoms with E-state index < -0.39 is 11.8 Å². The molecule has 0 aliphatic rings. The highest BCUT2D eigenvalue weighted by Crippen LogP contribution is 2.28. The fourth-order valence-corrected chi connectivity index (χ4v) is 2.54. The number of aromatic nitrogens is 2. The van der Waals surface area contributed by atoms with Crippen LogP contribution in [0.5, 0.6) is 0 Å². The van der Waals surface area contributed by atoms with Crippen LogP contribution < -0.4 is 0 Å². The molecule has 0 spiro atoms. The molecule has 2 aromatic carbocycles. The molecule has 0 saturated heterocycles. The molecular weight excluding hydrogens is 295 g/mol. The number of halogens is 2. The highest BCUT2D eigenvalue weighted by Gasteiger charge is 2.19. The first kappa shape index (κ1) is 13.6. The van der Waals surface area contributed by atoms with E-state index in [1.165, 1.54) is 22.8 Å². The van der Waals surface area contributed by atoms with Crippen LogP contribution in [0.4, 0.5) is 4.39 Å². The summed E-state index contributed by atoms with van der Waals surface area (Å²) >= 11 is 5.81. The van der Waals surface area contributed by atoms with Gasteiger partial charge in [0, 0.05) is 0 Å². The normalized spacial score (nSPS) is 11.0. The average Bonchev–Trinajstić information content (AvgIpc) is 2.77. The largest absolute Gasteiger partial charge is 0.478 e. The summed E-state index contributed by atoms with van der Waals surface area (Å²) in [5.41, 5.74) is 1.08. The highest BCUT2D eigenvalue weighted by molar-refractivity contribution is 6.30. The fourth-order valence-electron chi connectivity index (χ4n) is 2.38. The van der Waals surface area contributed by atoms with Gasteiger partial charge in [-0.25, -0.2) is 14.2 Å².